The van der Waals surface area contributed by atoms with E-state index < -0.39 is 12.2 Å². The van der Waals surface area contributed by atoms with Crippen LogP contribution >= 0.6 is 0 Å². The van der Waals surface area contributed by atoms with Crippen molar-refractivity contribution >= 4 is 0 Å². The van der Waals surface area contributed by atoms with Gasteiger partial charge in [-0.05, 0) is 13.8 Å². The van der Waals surface area contributed by atoms with Crippen molar-refractivity contribution in [2.45, 2.75) is 26.1 Å². The average molecular weight is 140 g/mol. The fourth-order valence-corrected chi connectivity index (χ4v) is 0. The zero-order valence-electron chi connectivity index (χ0n) is 6.20. The SMILES string of the molecule is C#C[C@@H](C)O.C#C[C@H](C)O. The zero-order chi connectivity index (χ0) is 8.57. The molecule has 2 heteroatoms. The number of rotatable bonds is 0. The molecule has 0 heterocycles. The van der Waals surface area contributed by atoms with Gasteiger partial charge in [-0.25, -0.2) is 0 Å². The van der Waals surface area contributed by atoms with Crippen LogP contribution in [0.5, 0.6) is 0 Å². The molecule has 0 aromatic heterocycles. The molecule has 2 nitrogen and oxygen atoms in total. The molecule has 0 bridgehead atoms. The molecule has 10 heavy (non-hydrogen) atoms. The number of hydrogen-bond acceptors (Lipinski definition) is 2. The molecule has 0 saturated carbocycles. The van der Waals surface area contributed by atoms with Gasteiger partial charge in [0.1, 0.15) is 12.2 Å². The monoisotopic (exact) mass is 140 g/mol. The smallest absolute Gasteiger partial charge is 0.111 e. The molecular weight excluding hydrogens is 128 g/mol. The molecule has 0 aliphatic heterocycles. The van der Waals surface area contributed by atoms with Crippen LogP contribution in [0.25, 0.3) is 0 Å². The Hall–Kier alpha value is -0.960. The van der Waals surface area contributed by atoms with Crippen molar-refractivity contribution < 1.29 is 10.2 Å². The number of terminal acetylenes is 2. The fraction of sp³-hybridized carbons (Fsp3) is 0.500. The van der Waals surface area contributed by atoms with Crippen molar-refractivity contribution in [3.63, 3.8) is 0 Å². The standard InChI is InChI=1S/2C4H6O/c2*1-3-4(2)5/h2*1,4-5H,2H3/t2*4-/m10/s1. The van der Waals surface area contributed by atoms with Crippen molar-refractivity contribution in [3.05, 3.63) is 0 Å². The molecule has 0 unspecified atom stereocenters. The van der Waals surface area contributed by atoms with E-state index in [0.717, 1.165) is 0 Å². The number of aliphatic hydroxyl groups is 2. The van der Waals surface area contributed by atoms with Gasteiger partial charge < -0.3 is 10.2 Å². The Labute approximate surface area is 61.9 Å². The molecule has 2 atom stereocenters. The first-order chi connectivity index (χ1) is 4.54. The number of aliphatic hydroxyl groups excluding tert-OH is 2. The highest BCUT2D eigenvalue weighted by molar-refractivity contribution is 4.90. The van der Waals surface area contributed by atoms with Gasteiger partial charge in [0, 0.05) is 0 Å². The highest BCUT2D eigenvalue weighted by Gasteiger charge is 1.76. The van der Waals surface area contributed by atoms with Crippen LogP contribution in [0.4, 0.5) is 0 Å². The predicted octanol–water partition coefficient (Wildman–Crippen LogP) is 0.000800. The molecular formula is C8H12O2. The summed E-state index contributed by atoms with van der Waals surface area (Å²) in [6, 6.07) is 0. The van der Waals surface area contributed by atoms with Crippen LogP contribution in [0, 0.1) is 24.7 Å². The van der Waals surface area contributed by atoms with E-state index in [0.29, 0.717) is 0 Å². The summed E-state index contributed by atoms with van der Waals surface area (Å²) in [6.45, 7) is 3.08. The first-order valence-electron chi connectivity index (χ1n) is 2.83. The normalized spacial score (nSPS) is 13.0. The van der Waals surface area contributed by atoms with Crippen LogP contribution in [0.15, 0.2) is 0 Å². The maximum Gasteiger partial charge on any atom is 0.111 e. The highest BCUT2D eigenvalue weighted by Crippen LogP contribution is 1.66. The molecule has 0 saturated heterocycles. The van der Waals surface area contributed by atoms with Crippen LogP contribution in [0.3, 0.4) is 0 Å². The lowest BCUT2D eigenvalue weighted by molar-refractivity contribution is 0.253. The van der Waals surface area contributed by atoms with Gasteiger partial charge in [0.25, 0.3) is 0 Å². The van der Waals surface area contributed by atoms with E-state index in [-0.39, 0.29) is 0 Å². The molecule has 0 rings (SSSR count). The quantitative estimate of drug-likeness (QED) is 0.465. The minimum Gasteiger partial charge on any atom is -0.381 e. The molecule has 0 spiro atoms. The third-order valence-corrected chi connectivity index (χ3v) is 0.482. The lowest BCUT2D eigenvalue weighted by Gasteiger charge is -1.80. The molecule has 0 amide bonds. The average Bonchev–Trinajstić information content (AvgIpc) is 1.89. The molecule has 0 radical (unpaired) electrons. The largest absolute Gasteiger partial charge is 0.381 e. The van der Waals surface area contributed by atoms with Gasteiger partial charge >= 0.3 is 0 Å². The van der Waals surface area contributed by atoms with Gasteiger partial charge in [0.15, 0.2) is 0 Å². The third kappa shape index (κ3) is 27.8. The van der Waals surface area contributed by atoms with Crippen molar-refractivity contribution in [2.75, 3.05) is 0 Å². The van der Waals surface area contributed by atoms with Crippen molar-refractivity contribution in [2.24, 2.45) is 0 Å². The van der Waals surface area contributed by atoms with Crippen LogP contribution in [-0.4, -0.2) is 22.4 Å². The van der Waals surface area contributed by atoms with Gasteiger partial charge in [-0.15, -0.1) is 12.8 Å². The first-order valence-corrected chi connectivity index (χ1v) is 2.83. The summed E-state index contributed by atoms with van der Waals surface area (Å²) < 4.78 is 0. The minimum atomic E-state index is -0.588. The number of hydrogen-bond donors (Lipinski definition) is 2. The second-order valence-electron chi connectivity index (χ2n) is 1.69. The van der Waals surface area contributed by atoms with E-state index in [1.807, 2.05) is 0 Å². The summed E-state index contributed by atoms with van der Waals surface area (Å²) in [5.74, 6) is 4.17. The second kappa shape index (κ2) is 8.04. The zero-order valence-corrected chi connectivity index (χ0v) is 6.20. The van der Waals surface area contributed by atoms with E-state index in [4.69, 9.17) is 10.2 Å². The maximum absolute atomic E-state index is 8.12. The minimum absolute atomic E-state index is 0.588. The molecule has 0 aromatic rings. The van der Waals surface area contributed by atoms with E-state index >= 15 is 0 Å². The molecule has 0 aliphatic carbocycles. The molecule has 0 aromatic carbocycles. The van der Waals surface area contributed by atoms with Gasteiger partial charge in [-0.1, -0.05) is 11.8 Å². The second-order valence-corrected chi connectivity index (χ2v) is 1.69. The molecule has 2 N–H and O–H groups in total. The molecule has 0 aliphatic rings. The Balaban J connectivity index is 0. The Morgan fingerprint density at radius 3 is 1.10 bits per heavy atom. The Morgan fingerprint density at radius 1 is 1.00 bits per heavy atom. The Bertz CT molecular complexity index is 116. The van der Waals surface area contributed by atoms with Gasteiger partial charge in [-0.3, -0.25) is 0 Å². The van der Waals surface area contributed by atoms with Crippen LogP contribution < -0.4 is 0 Å². The Morgan fingerprint density at radius 2 is 1.10 bits per heavy atom. The van der Waals surface area contributed by atoms with E-state index in [2.05, 4.69) is 24.7 Å². The predicted molar refractivity (Wildman–Crippen MR) is 41.0 cm³/mol. The van der Waals surface area contributed by atoms with Crippen LogP contribution in [0.1, 0.15) is 13.8 Å². The summed E-state index contributed by atoms with van der Waals surface area (Å²) in [5.41, 5.74) is 0. The van der Waals surface area contributed by atoms with E-state index in [1.165, 1.54) is 0 Å². The highest BCUT2D eigenvalue weighted by atomic mass is 16.3. The van der Waals surface area contributed by atoms with Gasteiger partial charge in [-0.2, -0.15) is 0 Å². The lowest BCUT2D eigenvalue weighted by Crippen LogP contribution is -1.90. The summed E-state index contributed by atoms with van der Waals surface area (Å²) >= 11 is 0. The van der Waals surface area contributed by atoms with Crippen LogP contribution in [0.2, 0.25) is 0 Å². The summed E-state index contributed by atoms with van der Waals surface area (Å²) in [6.07, 6.45) is 8.17. The van der Waals surface area contributed by atoms with Crippen molar-refractivity contribution in [3.8, 4) is 24.7 Å². The third-order valence-electron chi connectivity index (χ3n) is 0.482. The maximum atomic E-state index is 8.12. The van der Waals surface area contributed by atoms with Crippen molar-refractivity contribution in [1.29, 1.82) is 0 Å². The Kier molecular flexibility index (Phi) is 9.48. The van der Waals surface area contributed by atoms with Crippen LogP contribution in [-0.2, 0) is 0 Å². The topological polar surface area (TPSA) is 40.5 Å². The molecule has 0 fully saturated rings. The summed E-state index contributed by atoms with van der Waals surface area (Å²) in [4.78, 5) is 0. The molecule has 56 valence electrons. The summed E-state index contributed by atoms with van der Waals surface area (Å²) in [5, 5.41) is 16.2. The first kappa shape index (κ1) is 11.8. The van der Waals surface area contributed by atoms with E-state index in [1.54, 1.807) is 13.8 Å². The lowest BCUT2D eigenvalue weighted by atomic mass is 10.4. The van der Waals surface area contributed by atoms with Crippen molar-refractivity contribution in [1.82, 2.24) is 0 Å². The van der Waals surface area contributed by atoms with E-state index in [9.17, 15) is 0 Å². The van der Waals surface area contributed by atoms with Gasteiger partial charge in [0.2, 0.25) is 0 Å². The summed E-state index contributed by atoms with van der Waals surface area (Å²) in [7, 11) is 0. The van der Waals surface area contributed by atoms with Gasteiger partial charge in [0.05, 0.1) is 0 Å². The fourth-order valence-electron chi connectivity index (χ4n) is 0.